The third kappa shape index (κ3) is 1.53. The second-order valence-corrected chi connectivity index (χ2v) is 3.05. The van der Waals surface area contributed by atoms with Crippen LogP contribution in [0.2, 0.25) is 0 Å². The Kier molecular flexibility index (Phi) is 2.33. The molecule has 0 fully saturated rings. The van der Waals surface area contributed by atoms with Crippen LogP contribution >= 0.6 is 0 Å². The Bertz CT molecular complexity index is 424. The molecule has 0 aromatic heterocycles. The van der Waals surface area contributed by atoms with Crippen molar-refractivity contribution < 1.29 is 0 Å². The lowest BCUT2D eigenvalue weighted by Crippen LogP contribution is -2.18. The van der Waals surface area contributed by atoms with Crippen LogP contribution < -0.4 is 4.90 Å². The lowest BCUT2D eigenvalue weighted by molar-refractivity contribution is 1.07. The monoisotopic (exact) mass is 182 g/mol. The van der Waals surface area contributed by atoms with Gasteiger partial charge >= 0.3 is 0 Å². The van der Waals surface area contributed by atoms with E-state index in [2.05, 4.69) is 17.0 Å². The summed E-state index contributed by atoms with van der Waals surface area (Å²) in [5.41, 5.74) is 1.68. The van der Waals surface area contributed by atoms with Gasteiger partial charge in [0.25, 0.3) is 0 Å². The van der Waals surface area contributed by atoms with Gasteiger partial charge in [0.2, 0.25) is 0 Å². The molecular formula is C12H10N2. The molecule has 2 nitrogen and oxygen atoms in total. The van der Waals surface area contributed by atoms with E-state index >= 15 is 0 Å². The molecule has 1 aromatic carbocycles. The summed E-state index contributed by atoms with van der Waals surface area (Å²) in [5, 5.41) is 8.93. The van der Waals surface area contributed by atoms with Crippen molar-refractivity contribution in [2.45, 2.75) is 0 Å². The molecule has 1 aliphatic rings. The number of rotatable bonds is 1. The Morgan fingerprint density at radius 2 is 2.07 bits per heavy atom. The average Bonchev–Trinajstić information content (AvgIpc) is 2.30. The standard InChI is InChI=1S/C12H10N2/c13-10-11-6-2-3-7-12(11)14-8-4-1-5-9-14/h1-8H,9H2. The molecule has 1 aromatic rings. The van der Waals surface area contributed by atoms with E-state index < -0.39 is 0 Å². The summed E-state index contributed by atoms with van der Waals surface area (Å²) >= 11 is 0. The van der Waals surface area contributed by atoms with Crippen LogP contribution in [0, 0.1) is 11.3 Å². The second-order valence-electron chi connectivity index (χ2n) is 3.05. The van der Waals surface area contributed by atoms with Crippen molar-refractivity contribution in [1.82, 2.24) is 0 Å². The summed E-state index contributed by atoms with van der Waals surface area (Å²) in [6.45, 7) is 0.829. The molecule has 0 amide bonds. The van der Waals surface area contributed by atoms with Gasteiger partial charge in [-0.25, -0.2) is 0 Å². The van der Waals surface area contributed by atoms with E-state index in [0.29, 0.717) is 5.56 Å². The van der Waals surface area contributed by atoms with Crippen molar-refractivity contribution in [3.63, 3.8) is 0 Å². The van der Waals surface area contributed by atoms with Gasteiger partial charge in [-0.1, -0.05) is 24.3 Å². The molecule has 1 heterocycles. The summed E-state index contributed by atoms with van der Waals surface area (Å²) in [4.78, 5) is 2.05. The highest BCUT2D eigenvalue weighted by Crippen LogP contribution is 2.20. The zero-order valence-corrected chi connectivity index (χ0v) is 7.72. The van der Waals surface area contributed by atoms with Gasteiger partial charge in [-0.15, -0.1) is 0 Å². The molecule has 0 radical (unpaired) electrons. The van der Waals surface area contributed by atoms with Crippen LogP contribution in [-0.4, -0.2) is 6.54 Å². The van der Waals surface area contributed by atoms with E-state index in [-0.39, 0.29) is 0 Å². The van der Waals surface area contributed by atoms with E-state index in [1.807, 2.05) is 42.6 Å². The molecule has 0 saturated carbocycles. The summed E-state index contributed by atoms with van der Waals surface area (Å²) in [7, 11) is 0. The zero-order chi connectivity index (χ0) is 9.80. The molecule has 0 atom stereocenters. The zero-order valence-electron chi connectivity index (χ0n) is 7.72. The number of allylic oxidation sites excluding steroid dienone is 2. The maximum Gasteiger partial charge on any atom is 0.101 e. The highest BCUT2D eigenvalue weighted by molar-refractivity contribution is 5.61. The first kappa shape index (κ1) is 8.58. The molecule has 0 saturated heterocycles. The van der Waals surface area contributed by atoms with E-state index in [9.17, 15) is 0 Å². The van der Waals surface area contributed by atoms with Gasteiger partial charge in [0.1, 0.15) is 6.07 Å². The van der Waals surface area contributed by atoms with Gasteiger partial charge in [-0.2, -0.15) is 5.26 Å². The molecule has 0 aliphatic carbocycles. The third-order valence-corrected chi connectivity index (χ3v) is 2.15. The number of nitrogens with zero attached hydrogens (tertiary/aromatic N) is 2. The smallest absolute Gasteiger partial charge is 0.101 e. The lowest BCUT2D eigenvalue weighted by atomic mass is 10.1. The largest absolute Gasteiger partial charge is 0.343 e. The predicted molar refractivity (Wildman–Crippen MR) is 56.8 cm³/mol. The van der Waals surface area contributed by atoms with E-state index in [4.69, 9.17) is 5.26 Å². The van der Waals surface area contributed by atoms with Gasteiger partial charge in [0, 0.05) is 12.7 Å². The number of hydrogen-bond donors (Lipinski definition) is 0. The molecule has 0 unspecified atom stereocenters. The Morgan fingerprint density at radius 1 is 1.21 bits per heavy atom. The summed E-state index contributed by atoms with van der Waals surface area (Å²) in [6.07, 6.45) is 8.02. The van der Waals surface area contributed by atoms with Crippen LogP contribution in [0.15, 0.2) is 48.7 Å². The number of para-hydroxylation sites is 1. The summed E-state index contributed by atoms with van der Waals surface area (Å²) < 4.78 is 0. The van der Waals surface area contributed by atoms with Gasteiger partial charge in [-0.05, 0) is 18.2 Å². The lowest BCUT2D eigenvalue weighted by Gasteiger charge is -2.21. The van der Waals surface area contributed by atoms with E-state index in [0.717, 1.165) is 12.2 Å². The van der Waals surface area contributed by atoms with Crippen LogP contribution in [0.4, 0.5) is 5.69 Å². The number of anilines is 1. The first-order valence-corrected chi connectivity index (χ1v) is 4.51. The van der Waals surface area contributed by atoms with Gasteiger partial charge in [0.15, 0.2) is 0 Å². The highest BCUT2D eigenvalue weighted by atomic mass is 15.1. The number of hydrogen-bond acceptors (Lipinski definition) is 2. The predicted octanol–water partition coefficient (Wildman–Crippen LogP) is 2.45. The molecule has 2 heteroatoms. The van der Waals surface area contributed by atoms with Crippen molar-refractivity contribution in [3.05, 3.63) is 54.3 Å². The Hall–Kier alpha value is -2.01. The van der Waals surface area contributed by atoms with Gasteiger partial charge < -0.3 is 4.90 Å². The topological polar surface area (TPSA) is 27.0 Å². The molecule has 14 heavy (non-hydrogen) atoms. The first-order valence-electron chi connectivity index (χ1n) is 4.51. The van der Waals surface area contributed by atoms with Crippen molar-refractivity contribution in [2.24, 2.45) is 0 Å². The van der Waals surface area contributed by atoms with E-state index in [1.165, 1.54) is 0 Å². The molecule has 68 valence electrons. The fourth-order valence-corrected chi connectivity index (χ4v) is 1.46. The quantitative estimate of drug-likeness (QED) is 0.667. The number of benzene rings is 1. The molecule has 0 spiro atoms. The first-order chi connectivity index (χ1) is 6.92. The van der Waals surface area contributed by atoms with Crippen LogP contribution in [0.5, 0.6) is 0 Å². The van der Waals surface area contributed by atoms with Gasteiger partial charge in [-0.3, -0.25) is 0 Å². The summed E-state index contributed by atoms with van der Waals surface area (Å²) in [6, 6.07) is 9.82. The van der Waals surface area contributed by atoms with Crippen LogP contribution in [-0.2, 0) is 0 Å². The van der Waals surface area contributed by atoms with Crippen molar-refractivity contribution in [2.75, 3.05) is 11.4 Å². The minimum Gasteiger partial charge on any atom is -0.343 e. The SMILES string of the molecule is N#Cc1ccccc1N1C=CC=CC1. The Balaban J connectivity index is 2.37. The normalized spacial score (nSPS) is 14.1. The molecular weight excluding hydrogens is 172 g/mol. The number of nitriles is 1. The fourth-order valence-electron chi connectivity index (χ4n) is 1.46. The van der Waals surface area contributed by atoms with Crippen LogP contribution in [0.3, 0.4) is 0 Å². The molecule has 0 bridgehead atoms. The van der Waals surface area contributed by atoms with E-state index in [1.54, 1.807) is 0 Å². The Morgan fingerprint density at radius 3 is 2.79 bits per heavy atom. The van der Waals surface area contributed by atoms with Crippen molar-refractivity contribution >= 4 is 5.69 Å². The molecule has 0 N–H and O–H groups in total. The fraction of sp³-hybridized carbons (Fsp3) is 0.0833. The molecule has 1 aliphatic heterocycles. The van der Waals surface area contributed by atoms with Gasteiger partial charge in [0.05, 0.1) is 11.3 Å². The maximum absolute atomic E-state index is 8.93. The maximum atomic E-state index is 8.93. The Labute approximate surface area is 83.4 Å². The van der Waals surface area contributed by atoms with Crippen molar-refractivity contribution in [1.29, 1.82) is 5.26 Å². The average molecular weight is 182 g/mol. The molecule has 2 rings (SSSR count). The minimum atomic E-state index is 0.715. The minimum absolute atomic E-state index is 0.715. The van der Waals surface area contributed by atoms with Crippen molar-refractivity contribution in [3.8, 4) is 6.07 Å². The second kappa shape index (κ2) is 3.80. The highest BCUT2D eigenvalue weighted by Gasteiger charge is 2.07. The third-order valence-electron chi connectivity index (χ3n) is 2.15. The van der Waals surface area contributed by atoms with Crippen LogP contribution in [0.25, 0.3) is 0 Å². The summed E-state index contributed by atoms with van der Waals surface area (Å²) in [5.74, 6) is 0. The van der Waals surface area contributed by atoms with Crippen LogP contribution in [0.1, 0.15) is 5.56 Å².